The molecule has 4 rings (SSSR count). The van der Waals surface area contributed by atoms with Crippen molar-refractivity contribution >= 4 is 23.5 Å². The van der Waals surface area contributed by atoms with Crippen LogP contribution in [0.15, 0.2) is 35.5 Å². The Kier molecular flexibility index (Phi) is 4.53. The molecule has 1 aromatic heterocycles. The van der Waals surface area contributed by atoms with Crippen molar-refractivity contribution in [3.05, 3.63) is 35.9 Å². The fraction of sp³-hybridized carbons (Fsp3) is 0.471. The number of carbonyl (C=O) groups excluding carboxylic acids is 1. The molecular formula is C17H20N4O2S. The molecule has 0 unspecified atom stereocenters. The Morgan fingerprint density at radius 2 is 1.92 bits per heavy atom. The number of thioether (sulfide) groups is 1. The first-order chi connectivity index (χ1) is 11.8. The van der Waals surface area contributed by atoms with Gasteiger partial charge >= 0.3 is 0 Å². The second-order valence-electron chi connectivity index (χ2n) is 6.06. The van der Waals surface area contributed by atoms with E-state index in [2.05, 4.69) is 19.7 Å². The van der Waals surface area contributed by atoms with Gasteiger partial charge in [0.25, 0.3) is 0 Å². The summed E-state index contributed by atoms with van der Waals surface area (Å²) in [7, 11) is 0. The number of anilines is 1. The Morgan fingerprint density at radius 3 is 2.62 bits per heavy atom. The summed E-state index contributed by atoms with van der Waals surface area (Å²) >= 11 is 1.49. The third-order valence-electron chi connectivity index (χ3n) is 4.28. The van der Waals surface area contributed by atoms with E-state index in [1.165, 1.54) is 11.8 Å². The van der Waals surface area contributed by atoms with Gasteiger partial charge < -0.3 is 9.64 Å². The van der Waals surface area contributed by atoms with Gasteiger partial charge in [0, 0.05) is 24.7 Å². The predicted octanol–water partition coefficient (Wildman–Crippen LogP) is 2.42. The quantitative estimate of drug-likeness (QED) is 0.592. The first-order valence-electron chi connectivity index (χ1n) is 8.31. The molecule has 1 aliphatic heterocycles. The number of benzene rings is 1. The van der Waals surface area contributed by atoms with Crippen molar-refractivity contribution in [2.45, 2.75) is 24.0 Å². The van der Waals surface area contributed by atoms with E-state index in [0.717, 1.165) is 55.8 Å². The molecule has 1 aliphatic carbocycles. The molecule has 1 saturated carbocycles. The maximum atomic E-state index is 12.3. The summed E-state index contributed by atoms with van der Waals surface area (Å²) in [5.74, 6) is 1.44. The maximum Gasteiger partial charge on any atom is 0.228 e. The number of carbonyl (C=O) groups is 1. The normalized spacial score (nSPS) is 17.9. The van der Waals surface area contributed by atoms with Crippen LogP contribution >= 0.6 is 11.8 Å². The van der Waals surface area contributed by atoms with Crippen LogP contribution in [0.1, 0.15) is 29.2 Å². The van der Waals surface area contributed by atoms with Crippen molar-refractivity contribution in [1.29, 1.82) is 0 Å². The van der Waals surface area contributed by atoms with Gasteiger partial charge in [-0.25, -0.2) is 0 Å². The van der Waals surface area contributed by atoms with E-state index in [9.17, 15) is 4.79 Å². The number of aromatic nitrogens is 3. The summed E-state index contributed by atoms with van der Waals surface area (Å²) < 4.78 is 7.64. The van der Waals surface area contributed by atoms with Crippen LogP contribution < -0.4 is 4.90 Å². The highest BCUT2D eigenvalue weighted by atomic mass is 32.2. The predicted molar refractivity (Wildman–Crippen MR) is 92.8 cm³/mol. The van der Waals surface area contributed by atoms with Crippen molar-refractivity contribution in [2.24, 2.45) is 0 Å². The van der Waals surface area contributed by atoms with E-state index in [1.54, 1.807) is 0 Å². The Hall–Kier alpha value is -1.86. The highest BCUT2D eigenvalue weighted by Crippen LogP contribution is 2.41. The number of Topliss-reactive ketones (excluding diaryl/α,β-unsaturated/α-hetero) is 1. The van der Waals surface area contributed by atoms with Crippen molar-refractivity contribution in [3.63, 3.8) is 0 Å². The lowest BCUT2D eigenvalue weighted by Gasteiger charge is -2.27. The second-order valence-corrected chi connectivity index (χ2v) is 7.00. The van der Waals surface area contributed by atoms with Crippen LogP contribution in [0.3, 0.4) is 0 Å². The number of ether oxygens (including phenoxy) is 1. The number of nitrogens with zero attached hydrogens (tertiary/aromatic N) is 4. The molecule has 2 aromatic rings. The van der Waals surface area contributed by atoms with Gasteiger partial charge in [-0.2, -0.15) is 0 Å². The minimum absolute atomic E-state index is 0.124. The molecule has 24 heavy (non-hydrogen) atoms. The molecule has 2 aliphatic rings. The van der Waals surface area contributed by atoms with Gasteiger partial charge in [0.1, 0.15) is 0 Å². The molecule has 0 spiro atoms. The van der Waals surface area contributed by atoms with Gasteiger partial charge in [-0.15, -0.1) is 10.2 Å². The van der Waals surface area contributed by atoms with Crippen LogP contribution in [0, 0.1) is 0 Å². The van der Waals surface area contributed by atoms with Gasteiger partial charge in [0.2, 0.25) is 5.95 Å². The van der Waals surface area contributed by atoms with E-state index in [0.29, 0.717) is 11.8 Å². The average molecular weight is 344 g/mol. The smallest absolute Gasteiger partial charge is 0.228 e. The molecule has 0 bridgehead atoms. The number of hydrogen-bond donors (Lipinski definition) is 0. The minimum atomic E-state index is 0.124. The number of ketones is 1. The van der Waals surface area contributed by atoms with Gasteiger partial charge in [-0.1, -0.05) is 42.1 Å². The molecule has 0 N–H and O–H groups in total. The van der Waals surface area contributed by atoms with Crippen LogP contribution in [-0.4, -0.2) is 52.6 Å². The average Bonchev–Trinajstić information content (AvgIpc) is 3.40. The number of morpholine rings is 1. The third-order valence-corrected chi connectivity index (χ3v) is 5.22. The summed E-state index contributed by atoms with van der Waals surface area (Å²) in [5, 5.41) is 9.61. The fourth-order valence-electron chi connectivity index (χ4n) is 2.84. The van der Waals surface area contributed by atoms with Crippen LogP contribution in [-0.2, 0) is 4.74 Å². The van der Waals surface area contributed by atoms with Crippen LogP contribution in [0.2, 0.25) is 0 Å². The molecule has 1 aromatic carbocycles. The van der Waals surface area contributed by atoms with Gasteiger partial charge in [-0.3, -0.25) is 9.36 Å². The number of rotatable bonds is 6. The van der Waals surface area contributed by atoms with Crippen LogP contribution in [0.25, 0.3) is 0 Å². The summed E-state index contributed by atoms with van der Waals surface area (Å²) in [6, 6.07) is 9.89. The molecule has 1 saturated heterocycles. The number of hydrogen-bond acceptors (Lipinski definition) is 6. The van der Waals surface area contributed by atoms with Gasteiger partial charge in [0.05, 0.1) is 19.0 Å². The highest BCUT2D eigenvalue weighted by molar-refractivity contribution is 7.99. The second kappa shape index (κ2) is 6.94. The molecule has 2 fully saturated rings. The Bertz CT molecular complexity index is 709. The van der Waals surface area contributed by atoms with E-state index >= 15 is 0 Å². The summed E-state index contributed by atoms with van der Waals surface area (Å²) in [5.41, 5.74) is 0.746. The Morgan fingerprint density at radius 1 is 1.17 bits per heavy atom. The summed E-state index contributed by atoms with van der Waals surface area (Å²) in [6.45, 7) is 3.15. The molecule has 0 amide bonds. The van der Waals surface area contributed by atoms with E-state index in [1.807, 2.05) is 30.3 Å². The Balaban J connectivity index is 1.49. The van der Waals surface area contributed by atoms with E-state index < -0.39 is 0 Å². The molecule has 6 nitrogen and oxygen atoms in total. The molecule has 0 atom stereocenters. The summed E-state index contributed by atoms with van der Waals surface area (Å²) in [4.78, 5) is 14.6. The van der Waals surface area contributed by atoms with Crippen LogP contribution in [0.5, 0.6) is 0 Å². The zero-order valence-electron chi connectivity index (χ0n) is 13.4. The zero-order valence-corrected chi connectivity index (χ0v) is 14.2. The lowest BCUT2D eigenvalue weighted by molar-refractivity contribution is 0.102. The monoisotopic (exact) mass is 344 g/mol. The molecule has 126 valence electrons. The SMILES string of the molecule is O=C(CSc1nnc(N2CCOCC2)n1C1CC1)c1ccccc1. The molecule has 0 radical (unpaired) electrons. The largest absolute Gasteiger partial charge is 0.378 e. The first kappa shape index (κ1) is 15.7. The fourth-order valence-corrected chi connectivity index (χ4v) is 3.73. The van der Waals surface area contributed by atoms with Crippen molar-refractivity contribution in [1.82, 2.24) is 14.8 Å². The first-order valence-corrected chi connectivity index (χ1v) is 9.30. The highest BCUT2D eigenvalue weighted by Gasteiger charge is 2.32. The van der Waals surface area contributed by atoms with Crippen LogP contribution in [0.4, 0.5) is 5.95 Å². The van der Waals surface area contributed by atoms with Gasteiger partial charge in [0.15, 0.2) is 10.9 Å². The van der Waals surface area contributed by atoms with Crippen molar-refractivity contribution in [3.8, 4) is 0 Å². The maximum absolute atomic E-state index is 12.3. The van der Waals surface area contributed by atoms with E-state index in [4.69, 9.17) is 4.74 Å². The lowest BCUT2D eigenvalue weighted by Crippen LogP contribution is -2.38. The van der Waals surface area contributed by atoms with E-state index in [-0.39, 0.29) is 5.78 Å². The van der Waals surface area contributed by atoms with Gasteiger partial charge in [-0.05, 0) is 12.8 Å². The minimum Gasteiger partial charge on any atom is -0.378 e. The standard InChI is InChI=1S/C17H20N4O2S/c22-15(13-4-2-1-3-5-13)12-24-17-19-18-16(21(17)14-6-7-14)20-8-10-23-11-9-20/h1-5,14H,6-12H2. The zero-order chi connectivity index (χ0) is 16.4. The topological polar surface area (TPSA) is 60.3 Å². The van der Waals surface area contributed by atoms with Crippen molar-refractivity contribution < 1.29 is 9.53 Å². The molecule has 2 heterocycles. The third kappa shape index (κ3) is 3.32. The summed E-state index contributed by atoms with van der Waals surface area (Å²) in [6.07, 6.45) is 2.32. The molecular weight excluding hydrogens is 324 g/mol. The molecule has 7 heteroatoms. The van der Waals surface area contributed by atoms with Crippen molar-refractivity contribution in [2.75, 3.05) is 37.0 Å². The Labute approximate surface area is 145 Å². The lowest BCUT2D eigenvalue weighted by atomic mass is 10.2.